The molecule has 0 aliphatic carbocycles. The minimum absolute atomic E-state index is 0.0189. The lowest BCUT2D eigenvalue weighted by Crippen LogP contribution is -2.40. The minimum Gasteiger partial charge on any atom is -0.397 e. The van der Waals surface area contributed by atoms with Crippen LogP contribution in [0.3, 0.4) is 0 Å². The van der Waals surface area contributed by atoms with Crippen molar-refractivity contribution in [3.05, 3.63) is 53.6 Å². The zero-order chi connectivity index (χ0) is 25.2. The van der Waals surface area contributed by atoms with E-state index in [4.69, 9.17) is 5.73 Å². The molecule has 176 valence electrons. The molecule has 1 aliphatic rings. The summed E-state index contributed by atoms with van der Waals surface area (Å²) < 4.78 is 66.5. The van der Waals surface area contributed by atoms with Crippen molar-refractivity contribution in [1.29, 1.82) is 0 Å². The number of amides is 3. The van der Waals surface area contributed by atoms with Crippen LogP contribution in [0.2, 0.25) is 0 Å². The number of benzene rings is 3. The summed E-state index contributed by atoms with van der Waals surface area (Å²) in [6.45, 7) is 1.29. The smallest absolute Gasteiger partial charge is 0.296 e. The monoisotopic (exact) mass is 505 g/mol. The number of rotatable bonds is 4. The molecule has 12 nitrogen and oxygen atoms in total. The Morgan fingerprint density at radius 2 is 1.47 bits per heavy atom. The number of nitrogen functional groups attached to an aromatic ring is 1. The van der Waals surface area contributed by atoms with E-state index in [-0.39, 0.29) is 33.5 Å². The average Bonchev–Trinajstić information content (AvgIpc) is 2.72. The molecule has 0 bridgehead atoms. The molecular formula is C20H15N3O9S2. The van der Waals surface area contributed by atoms with Gasteiger partial charge in [0.25, 0.3) is 32.1 Å². The number of nitrogens with one attached hydrogen (secondary N) is 1. The molecule has 1 heterocycles. The average molecular weight is 505 g/mol. The van der Waals surface area contributed by atoms with Gasteiger partial charge in [0, 0.05) is 23.4 Å². The summed E-state index contributed by atoms with van der Waals surface area (Å²) in [6, 6.07) is 7.90. The van der Waals surface area contributed by atoms with Gasteiger partial charge in [-0.3, -0.25) is 23.5 Å². The zero-order valence-electron chi connectivity index (χ0n) is 17.1. The van der Waals surface area contributed by atoms with Gasteiger partial charge in [-0.25, -0.2) is 4.90 Å². The van der Waals surface area contributed by atoms with E-state index in [0.717, 1.165) is 18.2 Å². The van der Waals surface area contributed by atoms with E-state index in [1.165, 1.54) is 31.2 Å². The van der Waals surface area contributed by atoms with E-state index in [1.807, 2.05) is 0 Å². The van der Waals surface area contributed by atoms with Crippen molar-refractivity contribution in [2.45, 2.75) is 16.7 Å². The van der Waals surface area contributed by atoms with E-state index in [0.29, 0.717) is 10.6 Å². The molecule has 4 rings (SSSR count). The minimum atomic E-state index is -4.96. The fourth-order valence-corrected chi connectivity index (χ4v) is 4.88. The van der Waals surface area contributed by atoms with Crippen LogP contribution >= 0.6 is 0 Å². The molecule has 0 radical (unpaired) electrons. The van der Waals surface area contributed by atoms with Crippen molar-refractivity contribution < 1.29 is 40.3 Å². The summed E-state index contributed by atoms with van der Waals surface area (Å²) in [6.07, 6.45) is 0. The second-order valence-corrected chi connectivity index (χ2v) is 10.2. The number of nitrogens with two attached hydrogens (primary N) is 1. The third-order valence-electron chi connectivity index (χ3n) is 5.10. The maximum Gasteiger partial charge on any atom is 0.296 e. The molecule has 0 atom stereocenters. The van der Waals surface area contributed by atoms with Crippen LogP contribution in [0.5, 0.6) is 0 Å². The van der Waals surface area contributed by atoms with Gasteiger partial charge in [0.2, 0.25) is 5.91 Å². The predicted molar refractivity (Wildman–Crippen MR) is 120 cm³/mol. The summed E-state index contributed by atoms with van der Waals surface area (Å²) in [5, 5.41) is 2.04. The summed E-state index contributed by atoms with van der Waals surface area (Å²) in [5.74, 6) is -2.30. The van der Waals surface area contributed by atoms with Crippen LogP contribution in [0.4, 0.5) is 17.1 Å². The molecular weight excluding hydrogens is 490 g/mol. The van der Waals surface area contributed by atoms with E-state index in [1.54, 1.807) is 0 Å². The van der Waals surface area contributed by atoms with E-state index < -0.39 is 47.5 Å². The van der Waals surface area contributed by atoms with E-state index in [9.17, 15) is 40.3 Å². The maximum atomic E-state index is 13.3. The summed E-state index contributed by atoms with van der Waals surface area (Å²) >= 11 is 0. The Labute approximate surface area is 192 Å². The highest BCUT2D eigenvalue weighted by Crippen LogP contribution is 2.40. The molecule has 34 heavy (non-hydrogen) atoms. The fourth-order valence-electron chi connectivity index (χ4n) is 3.70. The Kier molecular flexibility index (Phi) is 5.21. The number of anilines is 3. The van der Waals surface area contributed by atoms with Gasteiger partial charge in [-0.1, -0.05) is 0 Å². The second kappa shape index (κ2) is 7.59. The second-order valence-electron chi connectivity index (χ2n) is 7.35. The van der Waals surface area contributed by atoms with Gasteiger partial charge in [-0.2, -0.15) is 16.8 Å². The molecule has 3 aromatic carbocycles. The van der Waals surface area contributed by atoms with Gasteiger partial charge in [-0.15, -0.1) is 0 Å². The van der Waals surface area contributed by atoms with Crippen LogP contribution in [-0.4, -0.2) is 43.7 Å². The summed E-state index contributed by atoms with van der Waals surface area (Å²) in [7, 11) is -9.84. The van der Waals surface area contributed by atoms with Crippen molar-refractivity contribution in [3.63, 3.8) is 0 Å². The highest BCUT2D eigenvalue weighted by atomic mass is 32.2. The largest absolute Gasteiger partial charge is 0.397 e. The Hall–Kier alpha value is -3.85. The molecule has 0 aromatic heterocycles. The van der Waals surface area contributed by atoms with Gasteiger partial charge >= 0.3 is 0 Å². The van der Waals surface area contributed by atoms with Crippen molar-refractivity contribution in [1.82, 2.24) is 0 Å². The van der Waals surface area contributed by atoms with Crippen molar-refractivity contribution in [3.8, 4) is 0 Å². The Balaban J connectivity index is 2.03. The standard InChI is InChI=1S/C20H15N3O9S2/c1-9(24)22-10-2-4-11(5-3-10)23-19(25)14-7-12(33(27,28)29)6-13-17(14)15(20(23)26)8-16(18(13)21)34(30,31)32/h2-8H,21H2,1H3,(H,22,24)(H,27,28,29)(H,30,31,32). The molecule has 0 fully saturated rings. The molecule has 3 aromatic rings. The van der Waals surface area contributed by atoms with Gasteiger partial charge in [0.15, 0.2) is 0 Å². The summed E-state index contributed by atoms with van der Waals surface area (Å²) in [4.78, 5) is 36.8. The molecule has 0 saturated heterocycles. The van der Waals surface area contributed by atoms with Crippen LogP contribution in [0.15, 0.2) is 52.3 Å². The lowest BCUT2D eigenvalue weighted by atomic mass is 9.92. The van der Waals surface area contributed by atoms with Crippen LogP contribution in [0, 0.1) is 0 Å². The molecule has 0 spiro atoms. The Morgan fingerprint density at radius 1 is 0.912 bits per heavy atom. The van der Waals surface area contributed by atoms with Gasteiger partial charge in [-0.05, 0) is 42.5 Å². The number of carbonyl (C=O) groups is 3. The van der Waals surface area contributed by atoms with Crippen molar-refractivity contribution in [2.75, 3.05) is 16.0 Å². The van der Waals surface area contributed by atoms with Crippen LogP contribution in [-0.2, 0) is 25.0 Å². The highest BCUT2D eigenvalue weighted by molar-refractivity contribution is 7.86. The lowest BCUT2D eigenvalue weighted by Gasteiger charge is -2.28. The highest BCUT2D eigenvalue weighted by Gasteiger charge is 2.37. The number of carbonyl (C=O) groups excluding carboxylic acids is 3. The van der Waals surface area contributed by atoms with E-state index >= 15 is 0 Å². The number of hydrogen-bond donors (Lipinski definition) is 4. The third-order valence-corrected chi connectivity index (χ3v) is 6.83. The number of nitrogens with zero attached hydrogens (tertiary/aromatic N) is 1. The maximum absolute atomic E-state index is 13.3. The molecule has 5 N–H and O–H groups in total. The van der Waals surface area contributed by atoms with Crippen molar-refractivity contribution in [2.24, 2.45) is 0 Å². The SMILES string of the molecule is CC(=O)Nc1ccc(N2C(=O)c3cc(S(=O)(=O)O)cc4c(N)c(S(=O)(=O)O)cc(c34)C2=O)cc1. The molecule has 0 saturated carbocycles. The van der Waals surface area contributed by atoms with Crippen LogP contribution < -0.4 is 16.0 Å². The molecule has 3 amide bonds. The Bertz CT molecular complexity index is 1620. The van der Waals surface area contributed by atoms with Gasteiger partial charge in [0.05, 0.1) is 27.4 Å². The lowest BCUT2D eigenvalue weighted by molar-refractivity contribution is -0.114. The van der Waals surface area contributed by atoms with Crippen molar-refractivity contribution >= 4 is 65.8 Å². The zero-order valence-corrected chi connectivity index (χ0v) is 18.8. The van der Waals surface area contributed by atoms with Gasteiger partial charge in [0.1, 0.15) is 4.90 Å². The number of imide groups is 1. The normalized spacial score (nSPS) is 13.9. The quantitative estimate of drug-likeness (QED) is 0.229. The van der Waals surface area contributed by atoms with Crippen LogP contribution in [0.1, 0.15) is 27.6 Å². The molecule has 0 unspecified atom stereocenters. The van der Waals surface area contributed by atoms with E-state index in [2.05, 4.69) is 5.32 Å². The Morgan fingerprint density at radius 3 is 1.97 bits per heavy atom. The molecule has 1 aliphatic heterocycles. The fraction of sp³-hybridized carbons (Fsp3) is 0.0500. The first-order valence-corrected chi connectivity index (χ1v) is 12.2. The summed E-state index contributed by atoms with van der Waals surface area (Å²) in [5.41, 5.74) is 4.92. The molecule has 14 heteroatoms. The van der Waals surface area contributed by atoms with Gasteiger partial charge < -0.3 is 11.1 Å². The first kappa shape index (κ1) is 23.3. The third kappa shape index (κ3) is 3.77. The number of hydrogen-bond acceptors (Lipinski definition) is 8. The van der Waals surface area contributed by atoms with Crippen LogP contribution in [0.25, 0.3) is 10.8 Å². The predicted octanol–water partition coefficient (Wildman–Crippen LogP) is 1.67. The topological polar surface area (TPSA) is 201 Å². The first-order valence-electron chi connectivity index (χ1n) is 9.32. The first-order chi connectivity index (χ1) is 15.7.